The highest BCUT2D eigenvalue weighted by molar-refractivity contribution is 7.10. The lowest BCUT2D eigenvalue weighted by Gasteiger charge is -2.39. The SMILES string of the molecule is CC1(C)CC(=O)C2C(=Nc3ncnn3C2c2cccs2)C1. The summed E-state index contributed by atoms with van der Waals surface area (Å²) in [6, 6.07) is 3.99. The summed E-state index contributed by atoms with van der Waals surface area (Å²) in [4.78, 5) is 22.8. The van der Waals surface area contributed by atoms with Crippen LogP contribution in [0, 0.1) is 11.3 Å². The van der Waals surface area contributed by atoms with Gasteiger partial charge in [0.05, 0.1) is 5.92 Å². The molecule has 0 N–H and O–H groups in total. The van der Waals surface area contributed by atoms with Crippen LogP contribution < -0.4 is 0 Å². The minimum Gasteiger partial charge on any atom is -0.299 e. The lowest BCUT2D eigenvalue weighted by Crippen LogP contribution is -2.44. The average molecular weight is 300 g/mol. The number of Topliss-reactive ketones (excluding diaryl/α,β-unsaturated/α-hetero) is 1. The van der Waals surface area contributed by atoms with Crippen LogP contribution >= 0.6 is 11.3 Å². The molecule has 0 radical (unpaired) electrons. The molecule has 108 valence electrons. The maximum absolute atomic E-state index is 12.7. The van der Waals surface area contributed by atoms with Crippen LogP contribution in [-0.4, -0.2) is 26.3 Å². The van der Waals surface area contributed by atoms with Crippen molar-refractivity contribution in [2.24, 2.45) is 16.3 Å². The van der Waals surface area contributed by atoms with Crippen LogP contribution in [0.25, 0.3) is 0 Å². The van der Waals surface area contributed by atoms with E-state index in [0.29, 0.717) is 12.4 Å². The fourth-order valence-electron chi connectivity index (χ4n) is 3.43. The molecule has 1 fully saturated rings. The molecule has 1 saturated carbocycles. The Labute approximate surface area is 126 Å². The monoisotopic (exact) mass is 300 g/mol. The Morgan fingerprint density at radius 2 is 2.24 bits per heavy atom. The van der Waals surface area contributed by atoms with E-state index < -0.39 is 0 Å². The molecule has 5 nitrogen and oxygen atoms in total. The summed E-state index contributed by atoms with van der Waals surface area (Å²) in [5.74, 6) is 0.695. The molecule has 0 spiro atoms. The predicted octanol–water partition coefficient (Wildman–Crippen LogP) is 3.02. The van der Waals surface area contributed by atoms with E-state index in [9.17, 15) is 4.79 Å². The van der Waals surface area contributed by atoms with Gasteiger partial charge < -0.3 is 0 Å². The van der Waals surface area contributed by atoms with Crippen molar-refractivity contribution in [1.29, 1.82) is 0 Å². The van der Waals surface area contributed by atoms with Crippen molar-refractivity contribution in [3.63, 3.8) is 0 Å². The number of carbonyl (C=O) groups is 1. The zero-order valence-electron chi connectivity index (χ0n) is 12.0. The molecule has 2 atom stereocenters. The number of nitrogens with zero attached hydrogens (tertiary/aromatic N) is 4. The lowest BCUT2D eigenvalue weighted by molar-refractivity contribution is -0.124. The van der Waals surface area contributed by atoms with E-state index >= 15 is 0 Å². The summed E-state index contributed by atoms with van der Waals surface area (Å²) in [5, 5.41) is 6.35. The number of ketones is 1. The first-order chi connectivity index (χ1) is 10.1. The number of hydrogen-bond donors (Lipinski definition) is 0. The van der Waals surface area contributed by atoms with Gasteiger partial charge in [0.15, 0.2) is 0 Å². The highest BCUT2D eigenvalue weighted by atomic mass is 32.1. The first kappa shape index (κ1) is 12.9. The van der Waals surface area contributed by atoms with Crippen molar-refractivity contribution in [3.05, 3.63) is 28.7 Å². The van der Waals surface area contributed by atoms with Crippen LogP contribution in [0.2, 0.25) is 0 Å². The largest absolute Gasteiger partial charge is 0.299 e. The molecule has 1 aliphatic carbocycles. The van der Waals surface area contributed by atoms with E-state index in [0.717, 1.165) is 17.0 Å². The van der Waals surface area contributed by atoms with Gasteiger partial charge in [-0.2, -0.15) is 10.1 Å². The maximum Gasteiger partial charge on any atom is 0.248 e. The molecule has 1 aliphatic heterocycles. The van der Waals surface area contributed by atoms with Crippen LogP contribution in [0.3, 0.4) is 0 Å². The number of aromatic nitrogens is 3. The topological polar surface area (TPSA) is 60.1 Å². The van der Waals surface area contributed by atoms with Gasteiger partial charge in [-0.15, -0.1) is 11.3 Å². The van der Waals surface area contributed by atoms with Crippen LogP contribution in [-0.2, 0) is 4.79 Å². The first-order valence-corrected chi connectivity index (χ1v) is 7.96. The van der Waals surface area contributed by atoms with E-state index in [2.05, 4.69) is 35.0 Å². The molecule has 3 heterocycles. The third-order valence-corrected chi connectivity index (χ3v) is 5.17. The Kier molecular flexibility index (Phi) is 2.66. The second kappa shape index (κ2) is 4.34. The zero-order valence-corrected chi connectivity index (χ0v) is 12.8. The fraction of sp³-hybridized carbons (Fsp3) is 0.467. The van der Waals surface area contributed by atoms with Crippen LogP contribution in [0.1, 0.15) is 37.6 Å². The van der Waals surface area contributed by atoms with Gasteiger partial charge in [-0.1, -0.05) is 19.9 Å². The fourth-order valence-corrected chi connectivity index (χ4v) is 4.28. The number of fused-ring (bicyclic) bond motifs is 2. The molecule has 2 aliphatic rings. The van der Waals surface area contributed by atoms with Gasteiger partial charge in [0, 0.05) is 17.0 Å². The minimum absolute atomic E-state index is 0.0192. The standard InChI is InChI=1S/C15H16N4OS/c1-15(2)6-9-12(10(20)7-15)13(11-4-3-5-21-11)19-14(18-9)16-8-17-19/h3-5,8,12-13H,6-7H2,1-2H3. The average Bonchev–Trinajstić information content (AvgIpc) is 3.05. The summed E-state index contributed by atoms with van der Waals surface area (Å²) in [7, 11) is 0. The molecule has 21 heavy (non-hydrogen) atoms. The van der Waals surface area contributed by atoms with Gasteiger partial charge in [-0.05, 0) is 23.3 Å². The molecule has 0 saturated heterocycles. The molecule has 2 aromatic rings. The van der Waals surface area contributed by atoms with Crippen molar-refractivity contribution >= 4 is 28.8 Å². The molecule has 0 bridgehead atoms. The van der Waals surface area contributed by atoms with Gasteiger partial charge >= 0.3 is 0 Å². The third-order valence-electron chi connectivity index (χ3n) is 4.23. The van der Waals surface area contributed by atoms with Gasteiger partial charge in [-0.25, -0.2) is 9.67 Å². The maximum atomic E-state index is 12.7. The number of hydrogen-bond acceptors (Lipinski definition) is 5. The highest BCUT2D eigenvalue weighted by Gasteiger charge is 2.46. The van der Waals surface area contributed by atoms with Gasteiger partial charge in [0.25, 0.3) is 0 Å². The van der Waals surface area contributed by atoms with E-state index in [1.165, 1.54) is 6.33 Å². The summed E-state index contributed by atoms with van der Waals surface area (Å²) >= 11 is 1.66. The summed E-state index contributed by atoms with van der Waals surface area (Å²) in [6.45, 7) is 4.26. The summed E-state index contributed by atoms with van der Waals surface area (Å²) in [6.07, 6.45) is 2.97. The third kappa shape index (κ3) is 1.97. The molecular formula is C15H16N4OS. The Hall–Kier alpha value is -1.82. The van der Waals surface area contributed by atoms with Crippen molar-refractivity contribution < 1.29 is 4.79 Å². The van der Waals surface area contributed by atoms with Gasteiger partial charge in [-0.3, -0.25) is 4.79 Å². The second-order valence-corrected chi connectivity index (χ2v) is 7.51. The Morgan fingerprint density at radius 1 is 1.38 bits per heavy atom. The van der Waals surface area contributed by atoms with Crippen molar-refractivity contribution in [2.75, 3.05) is 0 Å². The van der Waals surface area contributed by atoms with E-state index in [4.69, 9.17) is 0 Å². The number of thiophene rings is 1. The van der Waals surface area contributed by atoms with Gasteiger partial charge in [0.1, 0.15) is 18.2 Å². The number of rotatable bonds is 1. The normalized spacial score (nSPS) is 27.0. The van der Waals surface area contributed by atoms with E-state index in [1.807, 2.05) is 11.4 Å². The molecule has 6 heteroatoms. The second-order valence-electron chi connectivity index (χ2n) is 6.53. The Balaban J connectivity index is 1.88. The number of carbonyl (C=O) groups excluding carboxylic acids is 1. The molecule has 4 rings (SSSR count). The lowest BCUT2D eigenvalue weighted by atomic mass is 9.68. The molecular weight excluding hydrogens is 284 g/mol. The predicted molar refractivity (Wildman–Crippen MR) is 81.1 cm³/mol. The quantitative estimate of drug-likeness (QED) is 0.813. The highest BCUT2D eigenvalue weighted by Crippen LogP contribution is 2.45. The number of aliphatic imine (C=N–C) groups is 1. The Morgan fingerprint density at radius 3 is 3.00 bits per heavy atom. The van der Waals surface area contributed by atoms with E-state index in [-0.39, 0.29) is 23.2 Å². The zero-order chi connectivity index (χ0) is 14.6. The summed E-state index contributed by atoms with van der Waals surface area (Å²) in [5.41, 5.74) is 0.948. The van der Waals surface area contributed by atoms with Crippen LogP contribution in [0.15, 0.2) is 28.8 Å². The minimum atomic E-state index is -0.189. The van der Waals surface area contributed by atoms with Crippen molar-refractivity contribution in [2.45, 2.75) is 32.7 Å². The molecule has 2 unspecified atom stereocenters. The molecule has 0 amide bonds. The van der Waals surface area contributed by atoms with E-state index in [1.54, 1.807) is 16.0 Å². The molecule has 0 aromatic carbocycles. The van der Waals surface area contributed by atoms with Crippen molar-refractivity contribution in [1.82, 2.24) is 14.8 Å². The Bertz CT molecular complexity index is 729. The summed E-state index contributed by atoms with van der Waals surface area (Å²) < 4.78 is 1.80. The smallest absolute Gasteiger partial charge is 0.248 e. The van der Waals surface area contributed by atoms with Gasteiger partial charge in [0.2, 0.25) is 5.95 Å². The van der Waals surface area contributed by atoms with Crippen LogP contribution in [0.4, 0.5) is 5.95 Å². The van der Waals surface area contributed by atoms with Crippen LogP contribution in [0.5, 0.6) is 0 Å². The van der Waals surface area contributed by atoms with Crippen molar-refractivity contribution in [3.8, 4) is 0 Å². The first-order valence-electron chi connectivity index (χ1n) is 7.08. The molecule has 2 aromatic heterocycles.